The smallest absolute Gasteiger partial charge is 0.307 e. The van der Waals surface area contributed by atoms with E-state index in [-0.39, 0.29) is 18.0 Å². The first-order valence-corrected chi connectivity index (χ1v) is 12.0. The van der Waals surface area contributed by atoms with Crippen LogP contribution < -0.4 is 4.74 Å². The number of ether oxygens (including phenoxy) is 1. The van der Waals surface area contributed by atoms with Crippen molar-refractivity contribution in [3.8, 4) is 5.75 Å². The molecule has 35 heavy (non-hydrogen) atoms. The zero-order valence-corrected chi connectivity index (χ0v) is 19.9. The van der Waals surface area contributed by atoms with E-state index in [1.807, 2.05) is 55.1 Å². The summed E-state index contributed by atoms with van der Waals surface area (Å²) in [5.41, 5.74) is 3.78. The van der Waals surface area contributed by atoms with E-state index < -0.39 is 17.7 Å². The maximum absolute atomic E-state index is 15.3. The van der Waals surface area contributed by atoms with Gasteiger partial charge in [-0.3, -0.25) is 9.48 Å². The molecule has 182 valence electrons. The van der Waals surface area contributed by atoms with Crippen LogP contribution in [0.3, 0.4) is 0 Å². The molecule has 0 aliphatic heterocycles. The van der Waals surface area contributed by atoms with Gasteiger partial charge in [-0.15, -0.1) is 0 Å². The summed E-state index contributed by atoms with van der Waals surface area (Å²) in [5.74, 6) is -1.07. The summed E-state index contributed by atoms with van der Waals surface area (Å²) in [7, 11) is 1.83. The molecule has 0 saturated heterocycles. The van der Waals surface area contributed by atoms with E-state index in [1.54, 1.807) is 10.7 Å². The third kappa shape index (κ3) is 4.78. The molecule has 0 amide bonds. The molecule has 1 aliphatic carbocycles. The number of halogens is 1. The quantitative estimate of drug-likeness (QED) is 0.396. The molecule has 0 bridgehead atoms. The van der Waals surface area contributed by atoms with Crippen LogP contribution in [0.15, 0.2) is 48.7 Å². The van der Waals surface area contributed by atoms with Gasteiger partial charge in [0.2, 0.25) is 0 Å². The summed E-state index contributed by atoms with van der Waals surface area (Å²) >= 11 is 0. The topological polar surface area (TPSA) is 82.2 Å². The number of fused-ring (bicyclic) bond motifs is 1. The number of aliphatic carboxylic acids is 1. The Balaban J connectivity index is 1.58. The van der Waals surface area contributed by atoms with E-state index in [2.05, 4.69) is 5.10 Å². The molecule has 1 N–H and O–H groups in total. The van der Waals surface area contributed by atoms with Crippen molar-refractivity contribution in [1.29, 1.82) is 0 Å². The van der Waals surface area contributed by atoms with Gasteiger partial charge in [0.15, 0.2) is 5.82 Å². The van der Waals surface area contributed by atoms with Gasteiger partial charge in [-0.25, -0.2) is 9.37 Å². The van der Waals surface area contributed by atoms with Crippen molar-refractivity contribution in [3.63, 3.8) is 0 Å². The van der Waals surface area contributed by atoms with E-state index in [9.17, 15) is 9.90 Å². The lowest BCUT2D eigenvalue weighted by atomic mass is 9.78. The number of aromatic nitrogens is 4. The molecule has 0 unspecified atom stereocenters. The third-order valence-electron chi connectivity index (χ3n) is 6.84. The summed E-state index contributed by atoms with van der Waals surface area (Å²) in [4.78, 5) is 16.8. The molecule has 8 heteroatoms. The molecule has 4 aromatic rings. The van der Waals surface area contributed by atoms with Crippen LogP contribution >= 0.6 is 0 Å². The standard InChI is InChI=1S/C27H29FN4O3/c1-17-7-9-18(10-8-17)15-32-24-14-20(35-16-19-11-12-31(2)30-19)13-23(28)25(24)29-26(32)21-5-3-4-6-22(21)27(33)34/h7-14,21-22H,3-6,15-16H2,1-2H3,(H,33,34)/t21-,22+/m1/s1. The lowest BCUT2D eigenvalue weighted by Gasteiger charge is -2.28. The number of carboxylic acids is 1. The van der Waals surface area contributed by atoms with Crippen molar-refractivity contribution >= 4 is 17.0 Å². The number of carboxylic acid groups (broad SMARTS) is 1. The lowest BCUT2D eigenvalue weighted by molar-refractivity contribution is -0.143. The molecule has 5 rings (SSSR count). The Morgan fingerprint density at radius 1 is 1.17 bits per heavy atom. The number of benzene rings is 2. The predicted molar refractivity (Wildman–Crippen MR) is 130 cm³/mol. The van der Waals surface area contributed by atoms with Crippen molar-refractivity contribution in [2.45, 2.75) is 51.7 Å². The number of imidazole rings is 1. The predicted octanol–water partition coefficient (Wildman–Crippen LogP) is 5.20. The van der Waals surface area contributed by atoms with Crippen LogP contribution in [0.5, 0.6) is 5.75 Å². The fraction of sp³-hybridized carbons (Fsp3) is 0.370. The second kappa shape index (κ2) is 9.52. The molecule has 1 aliphatic rings. The largest absolute Gasteiger partial charge is 0.487 e. The van der Waals surface area contributed by atoms with Gasteiger partial charge >= 0.3 is 5.97 Å². The summed E-state index contributed by atoms with van der Waals surface area (Å²) in [6, 6.07) is 13.1. The van der Waals surface area contributed by atoms with Crippen LogP contribution in [-0.2, 0) is 25.0 Å². The maximum atomic E-state index is 15.3. The number of nitrogens with zero attached hydrogens (tertiary/aromatic N) is 4. The molecular weight excluding hydrogens is 447 g/mol. The molecule has 0 radical (unpaired) electrons. The summed E-state index contributed by atoms with van der Waals surface area (Å²) in [6.07, 6.45) is 4.97. The molecule has 2 aromatic carbocycles. The molecule has 1 fully saturated rings. The molecule has 0 spiro atoms. The lowest BCUT2D eigenvalue weighted by Crippen LogP contribution is -2.27. The maximum Gasteiger partial charge on any atom is 0.307 e. The van der Waals surface area contributed by atoms with Gasteiger partial charge in [-0.05, 0) is 31.4 Å². The molecule has 2 atom stereocenters. The van der Waals surface area contributed by atoms with Gasteiger partial charge in [-0.1, -0.05) is 42.7 Å². The number of carbonyl (C=O) groups is 1. The average molecular weight is 477 g/mol. The Morgan fingerprint density at radius 3 is 2.66 bits per heavy atom. The monoisotopic (exact) mass is 476 g/mol. The third-order valence-corrected chi connectivity index (χ3v) is 6.84. The highest BCUT2D eigenvalue weighted by atomic mass is 19.1. The number of hydrogen-bond donors (Lipinski definition) is 1. The van der Waals surface area contributed by atoms with Gasteiger partial charge in [-0.2, -0.15) is 5.10 Å². The van der Waals surface area contributed by atoms with Gasteiger partial charge in [0.05, 0.1) is 17.1 Å². The molecule has 2 aromatic heterocycles. The van der Waals surface area contributed by atoms with E-state index in [1.165, 1.54) is 6.07 Å². The number of hydrogen-bond acceptors (Lipinski definition) is 4. The van der Waals surface area contributed by atoms with Crippen LogP contribution in [0.2, 0.25) is 0 Å². The van der Waals surface area contributed by atoms with Crippen molar-refractivity contribution in [2.24, 2.45) is 13.0 Å². The Kier molecular flexibility index (Phi) is 6.28. The molecule has 2 heterocycles. The zero-order chi connectivity index (χ0) is 24.5. The summed E-state index contributed by atoms with van der Waals surface area (Å²) in [6.45, 7) is 2.72. The van der Waals surface area contributed by atoms with Crippen LogP contribution in [0, 0.1) is 18.7 Å². The fourth-order valence-electron chi connectivity index (χ4n) is 5.02. The van der Waals surface area contributed by atoms with E-state index in [0.717, 1.165) is 36.1 Å². The summed E-state index contributed by atoms with van der Waals surface area (Å²) in [5, 5.41) is 14.2. The minimum absolute atomic E-state index is 0.217. The minimum atomic E-state index is -0.816. The van der Waals surface area contributed by atoms with Crippen molar-refractivity contribution < 1.29 is 19.0 Å². The van der Waals surface area contributed by atoms with Crippen molar-refractivity contribution in [2.75, 3.05) is 0 Å². The SMILES string of the molecule is Cc1ccc(Cn2c([C@@H]3CCCC[C@@H]3C(=O)O)nc3c(F)cc(OCc4ccn(C)n4)cc32)cc1. The van der Waals surface area contributed by atoms with Crippen LogP contribution in [0.25, 0.3) is 11.0 Å². The highest BCUT2D eigenvalue weighted by molar-refractivity contribution is 5.79. The Morgan fingerprint density at radius 2 is 1.94 bits per heavy atom. The Bertz CT molecular complexity index is 1360. The van der Waals surface area contributed by atoms with E-state index in [4.69, 9.17) is 9.72 Å². The van der Waals surface area contributed by atoms with Crippen LogP contribution in [0.1, 0.15) is 54.2 Å². The Hall–Kier alpha value is -3.68. The van der Waals surface area contributed by atoms with Crippen molar-refractivity contribution in [1.82, 2.24) is 19.3 Å². The highest BCUT2D eigenvalue weighted by Crippen LogP contribution is 2.40. The first kappa shape index (κ1) is 23.1. The van der Waals surface area contributed by atoms with E-state index >= 15 is 4.39 Å². The van der Waals surface area contributed by atoms with Gasteiger partial charge in [0.25, 0.3) is 0 Å². The second-order valence-corrected chi connectivity index (χ2v) is 9.42. The molecule has 1 saturated carbocycles. The van der Waals surface area contributed by atoms with Gasteiger partial charge in [0, 0.05) is 37.8 Å². The van der Waals surface area contributed by atoms with Crippen molar-refractivity contribution in [3.05, 3.63) is 77.1 Å². The van der Waals surface area contributed by atoms with Crippen LogP contribution in [-0.4, -0.2) is 30.4 Å². The highest BCUT2D eigenvalue weighted by Gasteiger charge is 2.35. The minimum Gasteiger partial charge on any atom is -0.487 e. The average Bonchev–Trinajstić information content (AvgIpc) is 3.43. The number of aryl methyl sites for hydroxylation is 2. The molecule has 7 nitrogen and oxygen atoms in total. The van der Waals surface area contributed by atoms with E-state index in [0.29, 0.717) is 30.1 Å². The van der Waals surface area contributed by atoms with Gasteiger partial charge < -0.3 is 14.4 Å². The number of rotatable bonds is 7. The first-order valence-electron chi connectivity index (χ1n) is 12.0. The normalized spacial score (nSPS) is 18.1. The zero-order valence-electron chi connectivity index (χ0n) is 19.9. The molecular formula is C27H29FN4O3. The van der Waals surface area contributed by atoms with Crippen LogP contribution in [0.4, 0.5) is 4.39 Å². The fourth-order valence-corrected chi connectivity index (χ4v) is 5.02. The summed E-state index contributed by atoms with van der Waals surface area (Å²) < 4.78 is 24.8. The Labute approximate surface area is 203 Å². The second-order valence-electron chi connectivity index (χ2n) is 9.42. The first-order chi connectivity index (χ1) is 16.9. The van der Waals surface area contributed by atoms with Gasteiger partial charge in [0.1, 0.15) is 23.7 Å².